The average Bonchev–Trinajstić information content (AvgIpc) is 2.42. The molecule has 0 fully saturated rings. The van der Waals surface area contributed by atoms with E-state index in [0.717, 1.165) is 5.56 Å². The summed E-state index contributed by atoms with van der Waals surface area (Å²) < 4.78 is 0. The van der Waals surface area contributed by atoms with E-state index in [1.54, 1.807) is 31.4 Å². The summed E-state index contributed by atoms with van der Waals surface area (Å²) in [5.74, 6) is -0.000464. The Kier molecular flexibility index (Phi) is 5.84. The number of carbonyl (C=O) groups excluding carboxylic acids is 2. The van der Waals surface area contributed by atoms with Crippen LogP contribution in [0.2, 0.25) is 0 Å². The Morgan fingerprint density at radius 1 is 1.28 bits per heavy atom. The fourth-order valence-electron chi connectivity index (χ4n) is 1.51. The van der Waals surface area contributed by atoms with Crippen LogP contribution < -0.4 is 5.32 Å². The molecule has 5 heteroatoms. The van der Waals surface area contributed by atoms with Gasteiger partial charge in [0.1, 0.15) is 0 Å². The van der Waals surface area contributed by atoms with Crippen molar-refractivity contribution in [3.05, 3.63) is 30.1 Å². The van der Waals surface area contributed by atoms with E-state index in [4.69, 9.17) is 0 Å². The summed E-state index contributed by atoms with van der Waals surface area (Å²) in [6, 6.07) is 3.80. The zero-order chi connectivity index (χ0) is 13.4. The van der Waals surface area contributed by atoms with Crippen molar-refractivity contribution in [1.29, 1.82) is 0 Å². The zero-order valence-corrected chi connectivity index (χ0v) is 10.8. The topological polar surface area (TPSA) is 62.3 Å². The number of aromatic nitrogens is 1. The maximum absolute atomic E-state index is 11.8. The van der Waals surface area contributed by atoms with Crippen LogP contribution in [0.3, 0.4) is 0 Å². The Morgan fingerprint density at radius 2 is 1.94 bits per heavy atom. The van der Waals surface area contributed by atoms with Crippen LogP contribution in [0, 0.1) is 0 Å². The minimum absolute atomic E-state index is 0.0516. The van der Waals surface area contributed by atoms with Crippen LogP contribution in [0.5, 0.6) is 0 Å². The first-order chi connectivity index (χ1) is 8.63. The first kappa shape index (κ1) is 14.2. The maximum atomic E-state index is 11.8. The molecule has 1 N–H and O–H groups in total. The number of nitrogens with zero attached hydrogens (tertiary/aromatic N) is 2. The molecule has 0 aromatic carbocycles. The van der Waals surface area contributed by atoms with Gasteiger partial charge in [0.2, 0.25) is 11.8 Å². The highest BCUT2D eigenvalue weighted by atomic mass is 16.2. The molecule has 0 atom stereocenters. The van der Waals surface area contributed by atoms with Crippen molar-refractivity contribution in [2.45, 2.75) is 19.3 Å². The summed E-state index contributed by atoms with van der Waals surface area (Å²) in [5.41, 5.74) is 1.10. The van der Waals surface area contributed by atoms with Gasteiger partial charge in [-0.15, -0.1) is 0 Å². The molecule has 0 aliphatic heterocycles. The predicted octanol–water partition coefficient (Wildman–Crippen LogP) is 0.609. The van der Waals surface area contributed by atoms with Gasteiger partial charge in [0.05, 0.1) is 0 Å². The van der Waals surface area contributed by atoms with E-state index in [0.29, 0.717) is 25.8 Å². The molecular weight excluding hydrogens is 230 g/mol. The number of hydrogen-bond acceptors (Lipinski definition) is 3. The van der Waals surface area contributed by atoms with E-state index in [2.05, 4.69) is 10.3 Å². The summed E-state index contributed by atoms with van der Waals surface area (Å²) in [7, 11) is 3.31. The van der Waals surface area contributed by atoms with Crippen molar-refractivity contribution in [3.8, 4) is 0 Å². The van der Waals surface area contributed by atoms with Crippen molar-refractivity contribution < 1.29 is 9.59 Å². The highest BCUT2D eigenvalue weighted by Crippen LogP contribution is 2.03. The number of amides is 2. The second kappa shape index (κ2) is 7.42. The van der Waals surface area contributed by atoms with Gasteiger partial charge in [-0.3, -0.25) is 14.6 Å². The number of pyridine rings is 1. The largest absolute Gasteiger partial charge is 0.359 e. The maximum Gasteiger partial charge on any atom is 0.222 e. The molecule has 0 spiro atoms. The van der Waals surface area contributed by atoms with Crippen LogP contribution in [0.25, 0.3) is 0 Å². The Morgan fingerprint density at radius 3 is 2.56 bits per heavy atom. The minimum atomic E-state index is -0.0521. The number of hydrogen-bond donors (Lipinski definition) is 1. The second-order valence-electron chi connectivity index (χ2n) is 4.09. The quantitative estimate of drug-likeness (QED) is 0.803. The average molecular weight is 249 g/mol. The van der Waals surface area contributed by atoms with Gasteiger partial charge in [0.15, 0.2) is 0 Å². The van der Waals surface area contributed by atoms with Crippen LogP contribution in [0.15, 0.2) is 24.5 Å². The number of carbonyl (C=O) groups is 2. The van der Waals surface area contributed by atoms with Gasteiger partial charge < -0.3 is 10.2 Å². The van der Waals surface area contributed by atoms with Crippen LogP contribution in [0.4, 0.5) is 0 Å². The molecule has 0 saturated carbocycles. The van der Waals surface area contributed by atoms with Gasteiger partial charge in [-0.25, -0.2) is 0 Å². The lowest BCUT2D eigenvalue weighted by Gasteiger charge is -2.16. The summed E-state index contributed by atoms with van der Waals surface area (Å²) in [5, 5.41) is 2.53. The molecule has 0 unspecified atom stereocenters. The van der Waals surface area contributed by atoms with Gasteiger partial charge in [0, 0.05) is 45.9 Å². The number of aryl methyl sites for hydroxylation is 1. The lowest BCUT2D eigenvalue weighted by Crippen LogP contribution is -2.31. The van der Waals surface area contributed by atoms with Gasteiger partial charge in [-0.2, -0.15) is 0 Å². The molecule has 0 bridgehead atoms. The summed E-state index contributed by atoms with van der Waals surface area (Å²) in [6.45, 7) is 0.453. The molecule has 0 radical (unpaired) electrons. The molecule has 1 heterocycles. The van der Waals surface area contributed by atoms with Gasteiger partial charge in [0.25, 0.3) is 0 Å². The third kappa shape index (κ3) is 4.95. The van der Waals surface area contributed by atoms with E-state index >= 15 is 0 Å². The molecule has 2 amide bonds. The van der Waals surface area contributed by atoms with E-state index in [1.165, 1.54) is 0 Å². The third-order valence-corrected chi connectivity index (χ3v) is 2.76. The Bertz CT molecular complexity index is 392. The van der Waals surface area contributed by atoms with E-state index in [-0.39, 0.29) is 11.8 Å². The molecule has 0 aliphatic rings. The van der Waals surface area contributed by atoms with Crippen molar-refractivity contribution >= 4 is 11.8 Å². The van der Waals surface area contributed by atoms with Crippen LogP contribution in [-0.4, -0.2) is 42.3 Å². The minimum Gasteiger partial charge on any atom is -0.359 e. The van der Waals surface area contributed by atoms with Crippen molar-refractivity contribution in [2.24, 2.45) is 0 Å². The molecule has 0 saturated heterocycles. The number of nitrogens with one attached hydrogen (secondary N) is 1. The monoisotopic (exact) mass is 249 g/mol. The molecule has 98 valence electrons. The predicted molar refractivity (Wildman–Crippen MR) is 68.9 cm³/mol. The van der Waals surface area contributed by atoms with E-state index in [9.17, 15) is 9.59 Å². The van der Waals surface area contributed by atoms with Crippen molar-refractivity contribution in [3.63, 3.8) is 0 Å². The summed E-state index contributed by atoms with van der Waals surface area (Å²) >= 11 is 0. The lowest BCUT2D eigenvalue weighted by atomic mass is 10.1. The van der Waals surface area contributed by atoms with E-state index < -0.39 is 0 Å². The molecule has 1 aromatic rings. The highest BCUT2D eigenvalue weighted by Gasteiger charge is 2.10. The highest BCUT2D eigenvalue weighted by molar-refractivity contribution is 5.78. The Balaban J connectivity index is 2.30. The smallest absolute Gasteiger partial charge is 0.222 e. The first-order valence-corrected chi connectivity index (χ1v) is 5.97. The third-order valence-electron chi connectivity index (χ3n) is 2.76. The molecule has 1 rings (SSSR count). The normalized spacial score (nSPS) is 9.89. The lowest BCUT2D eigenvalue weighted by molar-refractivity contribution is -0.130. The van der Waals surface area contributed by atoms with Crippen LogP contribution in [0.1, 0.15) is 18.4 Å². The molecule has 18 heavy (non-hydrogen) atoms. The van der Waals surface area contributed by atoms with Gasteiger partial charge in [-0.1, -0.05) is 0 Å². The summed E-state index contributed by atoms with van der Waals surface area (Å²) in [6.07, 6.45) is 4.93. The van der Waals surface area contributed by atoms with Crippen LogP contribution >= 0.6 is 0 Å². The summed E-state index contributed by atoms with van der Waals surface area (Å²) in [4.78, 5) is 28.4. The van der Waals surface area contributed by atoms with Crippen molar-refractivity contribution in [1.82, 2.24) is 15.2 Å². The fourth-order valence-corrected chi connectivity index (χ4v) is 1.51. The molecular formula is C13H19N3O2. The van der Waals surface area contributed by atoms with E-state index in [1.807, 2.05) is 12.1 Å². The Hall–Kier alpha value is -1.91. The van der Waals surface area contributed by atoms with Gasteiger partial charge >= 0.3 is 0 Å². The SMILES string of the molecule is CNC(=O)CCN(C)C(=O)CCc1ccncc1. The fraction of sp³-hybridized carbons (Fsp3) is 0.462. The molecule has 1 aromatic heterocycles. The van der Waals surface area contributed by atoms with Gasteiger partial charge in [-0.05, 0) is 24.1 Å². The molecule has 0 aliphatic carbocycles. The Labute approximate surface area is 107 Å². The zero-order valence-electron chi connectivity index (χ0n) is 10.8. The van der Waals surface area contributed by atoms with Crippen molar-refractivity contribution in [2.75, 3.05) is 20.6 Å². The second-order valence-corrected chi connectivity index (χ2v) is 4.09. The number of rotatable bonds is 6. The first-order valence-electron chi connectivity index (χ1n) is 5.97. The standard InChI is InChI=1S/C13H19N3O2/c1-14-12(17)7-10-16(2)13(18)4-3-11-5-8-15-9-6-11/h5-6,8-9H,3-4,7,10H2,1-2H3,(H,14,17). The van der Waals surface area contributed by atoms with Crippen LogP contribution in [-0.2, 0) is 16.0 Å². The molecule has 5 nitrogen and oxygen atoms in total.